The number of esters is 1. The number of alkyl halides is 1. The minimum atomic E-state index is -0.345. The molecule has 0 N–H and O–H groups in total. The smallest absolute Gasteiger partial charge is 0.339 e. The molecule has 88 valence electrons. The lowest BCUT2D eigenvalue weighted by atomic mass is 10.2. The zero-order valence-electron chi connectivity index (χ0n) is 9.33. The first kappa shape index (κ1) is 13.3. The quantitative estimate of drug-likeness (QED) is 0.353. The van der Waals surface area contributed by atoms with Crippen LogP contribution in [0.3, 0.4) is 0 Å². The summed E-state index contributed by atoms with van der Waals surface area (Å²) in [4.78, 5) is 15.7. The number of hydrogen-bond acceptors (Lipinski definition) is 4. The predicted octanol–water partition coefficient (Wildman–Crippen LogP) is 2.90. The Bertz CT molecular complexity index is 371. The van der Waals surface area contributed by atoms with Gasteiger partial charge in [-0.15, -0.1) is 23.4 Å². The second-order valence-electron chi connectivity index (χ2n) is 3.17. The molecule has 0 saturated carbocycles. The normalized spacial score (nSPS) is 10.2. The van der Waals surface area contributed by atoms with Gasteiger partial charge in [0.2, 0.25) is 0 Å². The van der Waals surface area contributed by atoms with Gasteiger partial charge in [0.1, 0.15) is 0 Å². The summed E-state index contributed by atoms with van der Waals surface area (Å²) in [6.45, 7) is 1.80. The van der Waals surface area contributed by atoms with E-state index in [4.69, 9.17) is 11.6 Å². The third kappa shape index (κ3) is 3.68. The second-order valence-corrected chi connectivity index (χ2v) is 4.66. The Morgan fingerprint density at radius 3 is 2.88 bits per heavy atom. The maximum atomic E-state index is 11.3. The fraction of sp³-hybridized carbons (Fsp3) is 0.455. The molecule has 1 aromatic rings. The lowest BCUT2D eigenvalue weighted by molar-refractivity contribution is 0.0599. The number of methoxy groups -OCH3 is 1. The highest BCUT2D eigenvalue weighted by Gasteiger charge is 2.10. The van der Waals surface area contributed by atoms with E-state index in [0.717, 1.165) is 17.2 Å². The number of nitrogens with zero attached hydrogens (tertiary/aromatic N) is 1. The molecule has 0 aliphatic heterocycles. The molecule has 16 heavy (non-hydrogen) atoms. The number of aryl methyl sites for hydroxylation is 1. The van der Waals surface area contributed by atoms with Crippen LogP contribution < -0.4 is 0 Å². The van der Waals surface area contributed by atoms with Crippen LogP contribution in [0.4, 0.5) is 0 Å². The number of rotatable bonds is 5. The maximum absolute atomic E-state index is 11.3. The predicted molar refractivity (Wildman–Crippen MR) is 66.4 cm³/mol. The average molecular weight is 260 g/mol. The molecule has 0 spiro atoms. The van der Waals surface area contributed by atoms with Crippen LogP contribution in [0.15, 0.2) is 17.2 Å². The zero-order chi connectivity index (χ0) is 12.0. The van der Waals surface area contributed by atoms with E-state index in [0.29, 0.717) is 17.1 Å². The Morgan fingerprint density at radius 2 is 2.31 bits per heavy atom. The molecule has 0 aromatic carbocycles. The number of ether oxygens (including phenoxy) is 1. The summed E-state index contributed by atoms with van der Waals surface area (Å²) < 4.78 is 4.65. The number of carbonyl (C=O) groups excluding carboxylic acids is 1. The third-order valence-electron chi connectivity index (χ3n) is 1.99. The van der Waals surface area contributed by atoms with Crippen molar-refractivity contribution in [3.63, 3.8) is 0 Å². The SMILES string of the molecule is COC(=O)c1ccc(SCCCCl)nc1C. The van der Waals surface area contributed by atoms with Crippen molar-refractivity contribution in [1.82, 2.24) is 4.98 Å². The van der Waals surface area contributed by atoms with E-state index in [9.17, 15) is 4.79 Å². The van der Waals surface area contributed by atoms with Crippen LogP contribution in [0.1, 0.15) is 22.5 Å². The van der Waals surface area contributed by atoms with Crippen molar-refractivity contribution >= 4 is 29.3 Å². The average Bonchev–Trinajstić information content (AvgIpc) is 2.29. The van der Waals surface area contributed by atoms with Gasteiger partial charge in [0.05, 0.1) is 23.4 Å². The fourth-order valence-corrected chi connectivity index (χ4v) is 2.33. The van der Waals surface area contributed by atoms with Crippen LogP contribution in [0.5, 0.6) is 0 Å². The molecule has 0 unspecified atom stereocenters. The highest BCUT2D eigenvalue weighted by molar-refractivity contribution is 7.99. The molecule has 0 bridgehead atoms. The Labute approximate surface area is 105 Å². The van der Waals surface area contributed by atoms with E-state index in [-0.39, 0.29) is 5.97 Å². The minimum Gasteiger partial charge on any atom is -0.465 e. The monoisotopic (exact) mass is 259 g/mol. The van der Waals surface area contributed by atoms with Crippen LogP contribution in [0.25, 0.3) is 0 Å². The minimum absolute atomic E-state index is 0.345. The molecule has 0 aliphatic rings. The van der Waals surface area contributed by atoms with Gasteiger partial charge in [0, 0.05) is 11.6 Å². The first-order chi connectivity index (χ1) is 7.69. The summed E-state index contributed by atoms with van der Waals surface area (Å²) in [6.07, 6.45) is 0.950. The van der Waals surface area contributed by atoms with Gasteiger partial charge in [-0.25, -0.2) is 9.78 Å². The largest absolute Gasteiger partial charge is 0.465 e. The lowest BCUT2D eigenvalue weighted by Crippen LogP contribution is -2.05. The second kappa shape index (κ2) is 6.76. The van der Waals surface area contributed by atoms with Gasteiger partial charge in [-0.3, -0.25) is 0 Å². The number of pyridine rings is 1. The summed E-state index contributed by atoms with van der Waals surface area (Å²) in [7, 11) is 1.37. The van der Waals surface area contributed by atoms with Gasteiger partial charge >= 0.3 is 5.97 Å². The highest BCUT2D eigenvalue weighted by Crippen LogP contribution is 2.19. The molecule has 3 nitrogen and oxygen atoms in total. The Balaban J connectivity index is 2.71. The van der Waals surface area contributed by atoms with Gasteiger partial charge in [0.25, 0.3) is 0 Å². The summed E-state index contributed by atoms with van der Waals surface area (Å²) >= 11 is 7.23. The van der Waals surface area contributed by atoms with Crippen LogP contribution in [-0.4, -0.2) is 29.7 Å². The van der Waals surface area contributed by atoms with Crippen molar-refractivity contribution in [2.75, 3.05) is 18.7 Å². The number of halogens is 1. The van der Waals surface area contributed by atoms with Crippen molar-refractivity contribution in [3.8, 4) is 0 Å². The molecular weight excluding hydrogens is 246 g/mol. The van der Waals surface area contributed by atoms with Crippen LogP contribution in [-0.2, 0) is 4.74 Å². The van der Waals surface area contributed by atoms with Gasteiger partial charge in [-0.05, 0) is 25.5 Å². The van der Waals surface area contributed by atoms with Crippen LogP contribution in [0.2, 0.25) is 0 Å². The van der Waals surface area contributed by atoms with Gasteiger partial charge < -0.3 is 4.74 Å². The molecule has 0 radical (unpaired) electrons. The van der Waals surface area contributed by atoms with Gasteiger partial charge in [-0.1, -0.05) is 0 Å². The molecule has 1 aromatic heterocycles. The fourth-order valence-electron chi connectivity index (χ4n) is 1.18. The first-order valence-electron chi connectivity index (χ1n) is 4.93. The van der Waals surface area contributed by atoms with Crippen molar-refractivity contribution in [2.45, 2.75) is 18.4 Å². The number of hydrogen-bond donors (Lipinski definition) is 0. The van der Waals surface area contributed by atoms with Gasteiger partial charge in [0.15, 0.2) is 0 Å². The maximum Gasteiger partial charge on any atom is 0.339 e. The number of thioether (sulfide) groups is 1. The highest BCUT2D eigenvalue weighted by atomic mass is 35.5. The molecule has 0 saturated heterocycles. The number of carbonyl (C=O) groups is 1. The molecular formula is C11H14ClNO2S. The van der Waals surface area contributed by atoms with E-state index < -0.39 is 0 Å². The van der Waals surface area contributed by atoms with Crippen molar-refractivity contribution in [2.24, 2.45) is 0 Å². The lowest BCUT2D eigenvalue weighted by Gasteiger charge is -2.05. The molecule has 0 amide bonds. The molecule has 5 heteroatoms. The van der Waals surface area contributed by atoms with E-state index >= 15 is 0 Å². The topological polar surface area (TPSA) is 39.2 Å². The summed E-state index contributed by atoms with van der Waals surface area (Å²) in [5, 5.41) is 0.912. The van der Waals surface area contributed by atoms with Crippen molar-refractivity contribution in [3.05, 3.63) is 23.4 Å². The van der Waals surface area contributed by atoms with Crippen molar-refractivity contribution in [1.29, 1.82) is 0 Å². The molecule has 1 heterocycles. The molecule has 0 aliphatic carbocycles. The van der Waals surface area contributed by atoms with E-state index in [2.05, 4.69) is 9.72 Å². The van der Waals surface area contributed by atoms with E-state index in [1.807, 2.05) is 6.07 Å². The van der Waals surface area contributed by atoms with E-state index in [1.165, 1.54) is 7.11 Å². The number of aromatic nitrogens is 1. The van der Waals surface area contributed by atoms with Crippen molar-refractivity contribution < 1.29 is 9.53 Å². The summed E-state index contributed by atoms with van der Waals surface area (Å²) in [5.74, 6) is 1.25. The standard InChI is InChI=1S/C11H14ClNO2S/c1-8-9(11(14)15-2)4-5-10(13-8)16-7-3-6-12/h4-5H,3,6-7H2,1-2H3. The molecule has 1 rings (SSSR count). The zero-order valence-corrected chi connectivity index (χ0v) is 10.9. The Kier molecular flexibility index (Phi) is 5.63. The van der Waals surface area contributed by atoms with Gasteiger partial charge in [-0.2, -0.15) is 0 Å². The van der Waals surface area contributed by atoms with E-state index in [1.54, 1.807) is 24.8 Å². The third-order valence-corrected chi connectivity index (χ3v) is 3.28. The Morgan fingerprint density at radius 1 is 1.56 bits per heavy atom. The summed E-state index contributed by atoms with van der Waals surface area (Å²) in [6, 6.07) is 3.58. The van der Waals surface area contributed by atoms with Crippen LogP contribution in [0, 0.1) is 6.92 Å². The molecule has 0 atom stereocenters. The first-order valence-corrected chi connectivity index (χ1v) is 6.45. The van der Waals surface area contributed by atoms with Crippen LogP contribution >= 0.6 is 23.4 Å². The summed E-state index contributed by atoms with van der Waals surface area (Å²) in [5.41, 5.74) is 1.21. The Hall–Kier alpha value is -0.740. The molecule has 0 fully saturated rings.